The van der Waals surface area contributed by atoms with Crippen LogP contribution in [0.4, 0.5) is 0 Å². The summed E-state index contributed by atoms with van der Waals surface area (Å²) in [4.78, 5) is 24.4. The highest BCUT2D eigenvalue weighted by Crippen LogP contribution is 2.18. The van der Waals surface area contributed by atoms with Gasteiger partial charge in [-0.2, -0.15) is 0 Å². The minimum absolute atomic E-state index is 0.241. The van der Waals surface area contributed by atoms with E-state index < -0.39 is 12.1 Å². The van der Waals surface area contributed by atoms with Crippen LogP contribution < -0.4 is 5.32 Å². The van der Waals surface area contributed by atoms with E-state index in [1.165, 1.54) is 5.56 Å². The van der Waals surface area contributed by atoms with Crippen molar-refractivity contribution in [2.45, 2.75) is 39.2 Å². The monoisotopic (exact) mass is 339 g/mol. The van der Waals surface area contributed by atoms with Crippen molar-refractivity contribution in [3.63, 3.8) is 0 Å². The quantitative estimate of drug-likeness (QED) is 0.780. The molecule has 25 heavy (non-hydrogen) atoms. The van der Waals surface area contributed by atoms with Crippen LogP contribution in [0.5, 0.6) is 0 Å². The standard InChI is InChI=1S/C21H25NO3/c1-4-17(18-10-6-5-7-11-18)14-22-20(23)16(3)25-21(24)19-12-8-9-15(2)13-19/h5-13,16-17H,4,14H2,1-3H3,(H,22,23)/t16-,17-/m1/s1. The number of ether oxygens (including phenoxy) is 1. The topological polar surface area (TPSA) is 55.4 Å². The first-order valence-electron chi connectivity index (χ1n) is 8.61. The van der Waals surface area contributed by atoms with Crippen LogP contribution in [0.3, 0.4) is 0 Å². The minimum Gasteiger partial charge on any atom is -0.449 e. The molecule has 0 spiro atoms. The lowest BCUT2D eigenvalue weighted by atomic mass is 9.96. The molecule has 0 aliphatic heterocycles. The highest BCUT2D eigenvalue weighted by atomic mass is 16.5. The van der Waals surface area contributed by atoms with Gasteiger partial charge in [-0.1, -0.05) is 55.0 Å². The molecule has 4 heteroatoms. The third kappa shape index (κ3) is 5.45. The van der Waals surface area contributed by atoms with E-state index in [1.807, 2.05) is 31.2 Å². The molecule has 0 unspecified atom stereocenters. The number of amides is 1. The fourth-order valence-electron chi connectivity index (χ4n) is 2.64. The average molecular weight is 339 g/mol. The van der Waals surface area contributed by atoms with Gasteiger partial charge in [0, 0.05) is 12.5 Å². The Morgan fingerprint density at radius 2 is 1.80 bits per heavy atom. The first-order chi connectivity index (χ1) is 12.0. The van der Waals surface area contributed by atoms with Crippen molar-refractivity contribution in [3.05, 3.63) is 71.3 Å². The van der Waals surface area contributed by atoms with E-state index in [2.05, 4.69) is 24.4 Å². The highest BCUT2D eigenvalue weighted by Gasteiger charge is 2.20. The fourth-order valence-corrected chi connectivity index (χ4v) is 2.64. The summed E-state index contributed by atoms with van der Waals surface area (Å²) >= 11 is 0. The molecule has 4 nitrogen and oxygen atoms in total. The van der Waals surface area contributed by atoms with Gasteiger partial charge in [0.2, 0.25) is 0 Å². The van der Waals surface area contributed by atoms with Gasteiger partial charge in [-0.15, -0.1) is 0 Å². The largest absolute Gasteiger partial charge is 0.449 e. The summed E-state index contributed by atoms with van der Waals surface area (Å²) in [7, 11) is 0. The van der Waals surface area contributed by atoms with E-state index in [4.69, 9.17) is 4.74 Å². The predicted molar refractivity (Wildman–Crippen MR) is 98.5 cm³/mol. The maximum atomic E-state index is 12.2. The van der Waals surface area contributed by atoms with Gasteiger partial charge < -0.3 is 10.1 Å². The number of carbonyl (C=O) groups is 2. The van der Waals surface area contributed by atoms with Gasteiger partial charge in [0.05, 0.1) is 5.56 Å². The zero-order valence-electron chi connectivity index (χ0n) is 15.0. The Morgan fingerprint density at radius 1 is 1.08 bits per heavy atom. The number of nitrogens with one attached hydrogen (secondary N) is 1. The maximum absolute atomic E-state index is 12.2. The van der Waals surface area contributed by atoms with Crippen molar-refractivity contribution in [2.75, 3.05) is 6.54 Å². The lowest BCUT2D eigenvalue weighted by molar-refractivity contribution is -0.129. The highest BCUT2D eigenvalue weighted by molar-refractivity contribution is 5.92. The molecule has 132 valence electrons. The Kier molecular flexibility index (Phi) is 6.75. The number of hydrogen-bond donors (Lipinski definition) is 1. The van der Waals surface area contributed by atoms with Gasteiger partial charge in [-0.25, -0.2) is 4.79 Å². The molecule has 0 saturated heterocycles. The van der Waals surface area contributed by atoms with Gasteiger partial charge in [0.15, 0.2) is 6.10 Å². The minimum atomic E-state index is -0.832. The van der Waals surface area contributed by atoms with E-state index in [1.54, 1.807) is 25.1 Å². The smallest absolute Gasteiger partial charge is 0.338 e. The van der Waals surface area contributed by atoms with E-state index in [0.29, 0.717) is 12.1 Å². The number of aryl methyl sites for hydroxylation is 1. The van der Waals surface area contributed by atoms with Crippen LogP contribution in [0.15, 0.2) is 54.6 Å². The molecule has 2 aromatic rings. The second-order valence-corrected chi connectivity index (χ2v) is 6.18. The van der Waals surface area contributed by atoms with Gasteiger partial charge in [-0.3, -0.25) is 4.79 Å². The summed E-state index contributed by atoms with van der Waals surface area (Å²) in [6.07, 6.45) is 0.0863. The van der Waals surface area contributed by atoms with Crippen molar-refractivity contribution < 1.29 is 14.3 Å². The molecule has 0 aromatic heterocycles. The molecule has 2 rings (SSSR count). The second kappa shape index (κ2) is 9.02. The van der Waals surface area contributed by atoms with E-state index in [0.717, 1.165) is 12.0 Å². The molecule has 2 atom stereocenters. The zero-order chi connectivity index (χ0) is 18.2. The third-order valence-electron chi connectivity index (χ3n) is 4.19. The number of esters is 1. The third-order valence-corrected chi connectivity index (χ3v) is 4.19. The summed E-state index contributed by atoms with van der Waals surface area (Å²) in [5, 5.41) is 2.88. The molecule has 0 aliphatic rings. The van der Waals surface area contributed by atoms with Crippen LogP contribution in [0.2, 0.25) is 0 Å². The lowest BCUT2D eigenvalue weighted by Crippen LogP contribution is -2.38. The average Bonchev–Trinajstić information content (AvgIpc) is 2.62. The molecule has 1 N–H and O–H groups in total. The maximum Gasteiger partial charge on any atom is 0.338 e. The van der Waals surface area contributed by atoms with Crippen molar-refractivity contribution in [3.8, 4) is 0 Å². The van der Waals surface area contributed by atoms with Gasteiger partial charge in [0.25, 0.3) is 5.91 Å². The van der Waals surface area contributed by atoms with E-state index in [-0.39, 0.29) is 11.8 Å². The first-order valence-corrected chi connectivity index (χ1v) is 8.61. The normalized spacial score (nSPS) is 12.9. The molecule has 0 bridgehead atoms. The molecule has 2 aromatic carbocycles. The first kappa shape index (κ1) is 18.7. The number of rotatable bonds is 7. The molecule has 0 radical (unpaired) electrons. The Balaban J connectivity index is 1.88. The SMILES string of the molecule is CC[C@H](CNC(=O)[C@@H](C)OC(=O)c1cccc(C)c1)c1ccccc1. The van der Waals surface area contributed by atoms with Crippen LogP contribution >= 0.6 is 0 Å². The van der Waals surface area contributed by atoms with Crippen molar-refractivity contribution in [2.24, 2.45) is 0 Å². The van der Waals surface area contributed by atoms with E-state index in [9.17, 15) is 9.59 Å². The van der Waals surface area contributed by atoms with Crippen molar-refractivity contribution in [1.29, 1.82) is 0 Å². The number of carbonyl (C=O) groups excluding carboxylic acids is 2. The van der Waals surface area contributed by atoms with Crippen molar-refractivity contribution in [1.82, 2.24) is 5.32 Å². The molecule has 0 heterocycles. The van der Waals surface area contributed by atoms with Crippen LogP contribution in [0, 0.1) is 6.92 Å². The lowest BCUT2D eigenvalue weighted by Gasteiger charge is -2.18. The van der Waals surface area contributed by atoms with Crippen molar-refractivity contribution >= 4 is 11.9 Å². The number of hydrogen-bond acceptors (Lipinski definition) is 3. The van der Waals surface area contributed by atoms with Crippen LogP contribution in [-0.2, 0) is 9.53 Å². The molecule has 0 saturated carbocycles. The molecular formula is C21H25NO3. The summed E-state index contributed by atoms with van der Waals surface area (Å²) in [5.74, 6) is -0.526. The summed E-state index contributed by atoms with van der Waals surface area (Å²) in [5.41, 5.74) is 2.62. The molecule has 0 fully saturated rings. The molecule has 1 amide bonds. The fraction of sp³-hybridized carbons (Fsp3) is 0.333. The summed E-state index contributed by atoms with van der Waals surface area (Å²) in [6.45, 7) is 6.10. The van der Waals surface area contributed by atoms with Crippen LogP contribution in [0.1, 0.15) is 47.7 Å². The molecular weight excluding hydrogens is 314 g/mol. The zero-order valence-corrected chi connectivity index (χ0v) is 15.0. The molecule has 0 aliphatic carbocycles. The summed E-state index contributed by atoms with van der Waals surface area (Å²) < 4.78 is 5.27. The van der Waals surface area contributed by atoms with Crippen LogP contribution in [0.25, 0.3) is 0 Å². The summed E-state index contributed by atoms with van der Waals surface area (Å²) in [6, 6.07) is 17.2. The van der Waals surface area contributed by atoms with Crippen LogP contribution in [-0.4, -0.2) is 24.5 Å². The number of benzene rings is 2. The van der Waals surface area contributed by atoms with Gasteiger partial charge in [-0.05, 0) is 38.0 Å². The van der Waals surface area contributed by atoms with E-state index >= 15 is 0 Å². The second-order valence-electron chi connectivity index (χ2n) is 6.18. The Bertz CT molecular complexity index is 712. The Morgan fingerprint density at radius 3 is 2.44 bits per heavy atom. The van der Waals surface area contributed by atoms with Gasteiger partial charge in [0.1, 0.15) is 0 Å². The van der Waals surface area contributed by atoms with Gasteiger partial charge >= 0.3 is 5.97 Å². The Labute approximate surface area is 149 Å². The Hall–Kier alpha value is -2.62. The predicted octanol–water partition coefficient (Wildman–Crippen LogP) is 3.85.